The largest absolute Gasteiger partial charge is 0.460 e. The van der Waals surface area contributed by atoms with Crippen LogP contribution in [-0.2, 0) is 33.5 Å². The SMILES string of the molecule is CCC(C)C1NC(=O)C(CC(C)C)NC(=O)C(C(C)O)CC(=O)C(CO)NC(=O)C(CC(C)C)NC(=O)CC(CCCCCCC(C)C)OC1=O. The molecule has 51 heavy (non-hydrogen) atoms. The Morgan fingerprint density at radius 3 is 1.76 bits per heavy atom. The molecule has 6 N–H and O–H groups in total. The Hall–Kier alpha value is -3.06. The molecule has 1 rings (SSSR count). The number of aliphatic hydroxyl groups excluding tert-OH is 2. The number of esters is 1. The molecule has 1 aliphatic rings. The van der Waals surface area contributed by atoms with Crippen LogP contribution >= 0.6 is 0 Å². The number of hydrogen-bond donors (Lipinski definition) is 6. The maximum Gasteiger partial charge on any atom is 0.329 e. The molecule has 0 aromatic rings. The van der Waals surface area contributed by atoms with Crippen molar-refractivity contribution >= 4 is 35.4 Å². The molecule has 1 heterocycles. The predicted molar refractivity (Wildman–Crippen MR) is 195 cm³/mol. The Morgan fingerprint density at radius 2 is 1.24 bits per heavy atom. The second-order valence-electron chi connectivity index (χ2n) is 15.7. The van der Waals surface area contributed by atoms with Crippen molar-refractivity contribution < 1.29 is 43.7 Å². The van der Waals surface area contributed by atoms with Crippen LogP contribution in [0.1, 0.15) is 133 Å². The van der Waals surface area contributed by atoms with E-state index in [1.165, 1.54) is 6.92 Å². The maximum absolute atomic E-state index is 13.8. The van der Waals surface area contributed by atoms with Gasteiger partial charge < -0.3 is 36.2 Å². The summed E-state index contributed by atoms with van der Waals surface area (Å²) in [5.41, 5.74) is 0. The van der Waals surface area contributed by atoms with Crippen LogP contribution in [0.15, 0.2) is 0 Å². The summed E-state index contributed by atoms with van der Waals surface area (Å²) in [5, 5.41) is 31.3. The zero-order chi connectivity index (χ0) is 38.8. The van der Waals surface area contributed by atoms with Crippen molar-refractivity contribution in [3.8, 4) is 0 Å². The number of aliphatic hydroxyl groups is 2. The smallest absolute Gasteiger partial charge is 0.329 e. The number of ketones is 1. The molecule has 0 radical (unpaired) electrons. The molecule has 294 valence electrons. The van der Waals surface area contributed by atoms with E-state index < -0.39 is 90.7 Å². The molecule has 0 aliphatic carbocycles. The predicted octanol–water partition coefficient (Wildman–Crippen LogP) is 3.32. The van der Waals surface area contributed by atoms with Crippen LogP contribution in [0.2, 0.25) is 0 Å². The maximum atomic E-state index is 13.8. The number of carbonyl (C=O) groups is 6. The van der Waals surface area contributed by atoms with Gasteiger partial charge in [-0.25, -0.2) is 4.79 Å². The van der Waals surface area contributed by atoms with E-state index in [-0.39, 0.29) is 37.0 Å². The minimum Gasteiger partial charge on any atom is -0.460 e. The molecule has 0 aromatic carbocycles. The van der Waals surface area contributed by atoms with Crippen molar-refractivity contribution in [2.24, 2.45) is 29.6 Å². The second-order valence-corrected chi connectivity index (χ2v) is 15.7. The molecule has 1 fully saturated rings. The van der Waals surface area contributed by atoms with Crippen molar-refractivity contribution in [1.82, 2.24) is 21.3 Å². The molecule has 0 aromatic heterocycles. The van der Waals surface area contributed by atoms with Crippen molar-refractivity contribution in [3.05, 3.63) is 0 Å². The number of Topliss-reactive ketones (excluding diaryl/α,β-unsaturated/α-hetero) is 1. The van der Waals surface area contributed by atoms with Crippen molar-refractivity contribution in [1.29, 1.82) is 0 Å². The van der Waals surface area contributed by atoms with Gasteiger partial charge in [0.15, 0.2) is 5.78 Å². The monoisotopic (exact) mass is 724 g/mol. The highest BCUT2D eigenvalue weighted by Gasteiger charge is 2.37. The molecular formula is C38H68N4O9. The Balaban J connectivity index is 3.60. The van der Waals surface area contributed by atoms with Gasteiger partial charge in [-0.1, -0.05) is 87.5 Å². The van der Waals surface area contributed by atoms with Crippen LogP contribution in [0.4, 0.5) is 0 Å². The molecule has 1 saturated heterocycles. The van der Waals surface area contributed by atoms with Gasteiger partial charge in [-0.2, -0.15) is 0 Å². The Morgan fingerprint density at radius 1 is 0.686 bits per heavy atom. The molecule has 0 spiro atoms. The third-order valence-electron chi connectivity index (χ3n) is 9.44. The quantitative estimate of drug-likeness (QED) is 0.108. The molecule has 4 amide bonds. The Labute approximate surface area is 305 Å². The number of unbranched alkanes of at least 4 members (excludes halogenated alkanes) is 3. The first-order valence-electron chi connectivity index (χ1n) is 19.1. The zero-order valence-corrected chi connectivity index (χ0v) is 32.6. The standard InChI is InChI=1S/C38H68N4O9/c1-10-25(8)34-38(50)51-27(16-14-12-11-13-15-22(2)3)19-33(46)39-29(17-23(4)5)36(48)41-31(21-43)32(45)20-28(26(9)44)35(47)40-30(18-24(6)7)37(49)42-34/h22-31,34,43-44H,10-21H2,1-9H3,(H,39,46)(H,40,47)(H,41,48)(H,42,49). The summed E-state index contributed by atoms with van der Waals surface area (Å²) >= 11 is 0. The van der Waals surface area contributed by atoms with E-state index in [1.54, 1.807) is 6.92 Å². The van der Waals surface area contributed by atoms with Gasteiger partial charge in [-0.3, -0.25) is 24.0 Å². The Bertz CT molecular complexity index is 1130. The van der Waals surface area contributed by atoms with Gasteiger partial charge in [0.2, 0.25) is 23.6 Å². The minimum atomic E-state index is -1.41. The van der Waals surface area contributed by atoms with Crippen LogP contribution in [0, 0.1) is 29.6 Å². The number of hydrogen-bond acceptors (Lipinski definition) is 9. The average Bonchev–Trinajstić information content (AvgIpc) is 3.03. The van der Waals surface area contributed by atoms with Crippen LogP contribution in [0.5, 0.6) is 0 Å². The fourth-order valence-corrected chi connectivity index (χ4v) is 6.13. The van der Waals surface area contributed by atoms with E-state index >= 15 is 0 Å². The Kier molecular flexibility index (Phi) is 21.2. The molecule has 1 aliphatic heterocycles. The third-order valence-corrected chi connectivity index (χ3v) is 9.44. The molecule has 0 saturated carbocycles. The first-order valence-corrected chi connectivity index (χ1v) is 19.1. The van der Waals surface area contributed by atoms with E-state index in [1.807, 2.05) is 34.6 Å². The van der Waals surface area contributed by atoms with Gasteiger partial charge in [0.1, 0.15) is 30.3 Å². The van der Waals surface area contributed by atoms with Crippen LogP contribution in [-0.4, -0.2) is 88.6 Å². The fourth-order valence-electron chi connectivity index (χ4n) is 6.13. The summed E-state index contributed by atoms with van der Waals surface area (Å²) in [6, 6.07) is -4.65. The van der Waals surface area contributed by atoms with Gasteiger partial charge >= 0.3 is 5.97 Å². The van der Waals surface area contributed by atoms with Gasteiger partial charge in [-0.05, 0) is 56.3 Å². The third kappa shape index (κ3) is 17.3. The molecule has 0 bridgehead atoms. The van der Waals surface area contributed by atoms with Gasteiger partial charge in [0.25, 0.3) is 0 Å². The lowest BCUT2D eigenvalue weighted by Gasteiger charge is -2.29. The van der Waals surface area contributed by atoms with Crippen LogP contribution in [0.3, 0.4) is 0 Å². The van der Waals surface area contributed by atoms with E-state index in [9.17, 15) is 39.0 Å². The number of carbonyl (C=O) groups excluding carboxylic acids is 6. The van der Waals surface area contributed by atoms with E-state index in [0.717, 1.165) is 25.7 Å². The summed E-state index contributed by atoms with van der Waals surface area (Å²) in [5.74, 6) is -5.15. The first kappa shape index (κ1) is 46.0. The van der Waals surface area contributed by atoms with Crippen molar-refractivity contribution in [2.75, 3.05) is 6.61 Å². The molecule has 13 nitrogen and oxygen atoms in total. The van der Waals surface area contributed by atoms with Gasteiger partial charge in [-0.15, -0.1) is 0 Å². The summed E-state index contributed by atoms with van der Waals surface area (Å²) in [7, 11) is 0. The highest BCUT2D eigenvalue weighted by atomic mass is 16.5. The summed E-state index contributed by atoms with van der Waals surface area (Å²) in [6.07, 6.45) is 3.20. The number of ether oxygens (including phenoxy) is 1. The van der Waals surface area contributed by atoms with Gasteiger partial charge in [0.05, 0.1) is 25.0 Å². The van der Waals surface area contributed by atoms with Crippen LogP contribution < -0.4 is 21.3 Å². The topological polar surface area (TPSA) is 200 Å². The highest BCUT2D eigenvalue weighted by molar-refractivity contribution is 5.96. The normalized spacial score (nSPS) is 26.4. The molecule has 13 heteroatoms. The lowest BCUT2D eigenvalue weighted by molar-refractivity contribution is -0.156. The molecule has 8 atom stereocenters. The zero-order valence-electron chi connectivity index (χ0n) is 32.6. The van der Waals surface area contributed by atoms with E-state index in [2.05, 4.69) is 35.1 Å². The van der Waals surface area contributed by atoms with Gasteiger partial charge in [0, 0.05) is 6.42 Å². The van der Waals surface area contributed by atoms with E-state index in [0.29, 0.717) is 25.2 Å². The highest BCUT2D eigenvalue weighted by Crippen LogP contribution is 2.20. The lowest BCUT2D eigenvalue weighted by Crippen LogP contribution is -2.56. The second kappa shape index (κ2) is 23.5. The van der Waals surface area contributed by atoms with Crippen molar-refractivity contribution in [3.63, 3.8) is 0 Å². The molecule has 8 unspecified atom stereocenters. The number of rotatable bonds is 15. The summed E-state index contributed by atoms with van der Waals surface area (Å²) in [4.78, 5) is 81.4. The fraction of sp³-hybridized carbons (Fsp3) is 0.842. The number of cyclic esters (lactones) is 1. The van der Waals surface area contributed by atoms with Crippen LogP contribution in [0.25, 0.3) is 0 Å². The average molecular weight is 725 g/mol. The first-order chi connectivity index (χ1) is 23.9. The number of nitrogens with one attached hydrogen (secondary N) is 4. The minimum absolute atomic E-state index is 0.0348. The summed E-state index contributed by atoms with van der Waals surface area (Å²) in [6.45, 7) is 16.1. The summed E-state index contributed by atoms with van der Waals surface area (Å²) < 4.78 is 5.98. The van der Waals surface area contributed by atoms with Crippen molar-refractivity contribution in [2.45, 2.75) is 169 Å². The lowest BCUT2D eigenvalue weighted by atomic mass is 9.92. The molecular weight excluding hydrogens is 656 g/mol. The van der Waals surface area contributed by atoms with E-state index in [4.69, 9.17) is 4.74 Å². The number of amides is 4.